The van der Waals surface area contributed by atoms with E-state index in [0.717, 1.165) is 33.2 Å². The van der Waals surface area contributed by atoms with Gasteiger partial charge in [0.05, 0.1) is 12.7 Å². The lowest BCUT2D eigenvalue weighted by atomic mass is 9.95. The number of fused-ring (bicyclic) bond motifs is 1. The smallest absolute Gasteiger partial charge is 0.337 e. The van der Waals surface area contributed by atoms with Crippen molar-refractivity contribution in [2.45, 2.75) is 13.5 Å². The molecule has 0 aliphatic rings. The molecule has 0 amide bonds. The number of benzene rings is 4. The van der Waals surface area contributed by atoms with Crippen LogP contribution in [0, 0.1) is 6.92 Å². The summed E-state index contributed by atoms with van der Waals surface area (Å²) in [7, 11) is 1.39. The van der Waals surface area contributed by atoms with Crippen molar-refractivity contribution in [1.29, 1.82) is 0 Å². The summed E-state index contributed by atoms with van der Waals surface area (Å²) < 4.78 is 10.7. The SMILES string of the molecule is COC(=O)c1ccc(-c2cc3ccc(OCc4ccccc4)cc3cc2C)cc1. The Morgan fingerprint density at radius 2 is 1.59 bits per heavy atom. The molecule has 0 bridgehead atoms. The predicted molar refractivity (Wildman–Crippen MR) is 116 cm³/mol. The van der Waals surface area contributed by atoms with Gasteiger partial charge in [0.2, 0.25) is 0 Å². The van der Waals surface area contributed by atoms with Crippen LogP contribution >= 0.6 is 0 Å². The fourth-order valence-corrected chi connectivity index (χ4v) is 3.44. The Bertz CT molecular complexity index is 1150. The van der Waals surface area contributed by atoms with Crippen LogP contribution < -0.4 is 4.74 Å². The van der Waals surface area contributed by atoms with Crippen LogP contribution in [0.5, 0.6) is 5.75 Å². The number of aryl methyl sites for hydroxylation is 1. The average Bonchev–Trinajstić information content (AvgIpc) is 2.77. The van der Waals surface area contributed by atoms with E-state index >= 15 is 0 Å². The zero-order valence-corrected chi connectivity index (χ0v) is 16.5. The summed E-state index contributed by atoms with van der Waals surface area (Å²) in [5.41, 5.74) is 5.08. The van der Waals surface area contributed by atoms with Gasteiger partial charge in [-0.3, -0.25) is 0 Å². The van der Waals surface area contributed by atoms with Gasteiger partial charge in [-0.1, -0.05) is 54.6 Å². The molecule has 3 nitrogen and oxygen atoms in total. The molecule has 0 saturated heterocycles. The van der Waals surface area contributed by atoms with E-state index < -0.39 is 0 Å². The highest BCUT2D eigenvalue weighted by molar-refractivity contribution is 5.92. The van der Waals surface area contributed by atoms with Gasteiger partial charge < -0.3 is 9.47 Å². The van der Waals surface area contributed by atoms with Gasteiger partial charge in [0.15, 0.2) is 0 Å². The minimum absolute atomic E-state index is 0.324. The Hall–Kier alpha value is -3.59. The van der Waals surface area contributed by atoms with E-state index in [9.17, 15) is 4.79 Å². The van der Waals surface area contributed by atoms with Crippen molar-refractivity contribution in [3.8, 4) is 16.9 Å². The predicted octanol–water partition coefficient (Wildman–Crippen LogP) is 6.18. The van der Waals surface area contributed by atoms with E-state index in [2.05, 4.69) is 43.3 Å². The number of carbonyl (C=O) groups excluding carboxylic acids is 1. The second-order valence-electron chi connectivity index (χ2n) is 7.02. The summed E-state index contributed by atoms with van der Waals surface area (Å²) in [5, 5.41) is 2.29. The quantitative estimate of drug-likeness (QED) is 0.387. The molecular formula is C26H22O3. The summed E-state index contributed by atoms with van der Waals surface area (Å²) in [6, 6.07) is 28.2. The third-order valence-electron chi connectivity index (χ3n) is 5.02. The first-order valence-electron chi connectivity index (χ1n) is 9.54. The molecule has 0 aliphatic carbocycles. The van der Waals surface area contributed by atoms with Crippen LogP contribution in [0.2, 0.25) is 0 Å². The zero-order chi connectivity index (χ0) is 20.2. The Morgan fingerprint density at radius 3 is 2.31 bits per heavy atom. The second kappa shape index (κ2) is 8.19. The van der Waals surface area contributed by atoms with Gasteiger partial charge in [-0.15, -0.1) is 0 Å². The number of ether oxygens (including phenoxy) is 2. The summed E-state index contributed by atoms with van der Waals surface area (Å²) in [4.78, 5) is 11.6. The lowest BCUT2D eigenvalue weighted by molar-refractivity contribution is 0.0601. The first-order chi connectivity index (χ1) is 14.1. The van der Waals surface area contributed by atoms with Gasteiger partial charge in [-0.05, 0) is 70.3 Å². The normalized spacial score (nSPS) is 10.7. The summed E-state index contributed by atoms with van der Waals surface area (Å²) in [6.45, 7) is 2.65. The summed E-state index contributed by atoms with van der Waals surface area (Å²) >= 11 is 0. The molecular weight excluding hydrogens is 360 g/mol. The van der Waals surface area contributed by atoms with Crippen LogP contribution in [0.1, 0.15) is 21.5 Å². The van der Waals surface area contributed by atoms with Gasteiger partial charge in [-0.25, -0.2) is 4.79 Å². The van der Waals surface area contributed by atoms with Crippen LogP contribution in [0.15, 0.2) is 84.9 Å². The van der Waals surface area contributed by atoms with Crippen molar-refractivity contribution >= 4 is 16.7 Å². The van der Waals surface area contributed by atoms with Crippen molar-refractivity contribution in [2.24, 2.45) is 0 Å². The van der Waals surface area contributed by atoms with Crippen molar-refractivity contribution in [1.82, 2.24) is 0 Å². The van der Waals surface area contributed by atoms with Crippen molar-refractivity contribution in [2.75, 3.05) is 7.11 Å². The summed E-state index contributed by atoms with van der Waals surface area (Å²) in [6.07, 6.45) is 0. The van der Waals surface area contributed by atoms with Crippen LogP contribution in [-0.4, -0.2) is 13.1 Å². The molecule has 0 atom stereocenters. The van der Waals surface area contributed by atoms with Crippen molar-refractivity contribution in [3.05, 3.63) is 102 Å². The highest BCUT2D eigenvalue weighted by Gasteiger charge is 2.09. The number of hydrogen-bond donors (Lipinski definition) is 0. The van der Waals surface area contributed by atoms with Crippen molar-refractivity contribution in [3.63, 3.8) is 0 Å². The zero-order valence-electron chi connectivity index (χ0n) is 16.5. The number of carbonyl (C=O) groups is 1. The topological polar surface area (TPSA) is 35.5 Å². The molecule has 0 radical (unpaired) electrons. The largest absolute Gasteiger partial charge is 0.489 e. The molecule has 144 valence electrons. The molecule has 4 rings (SSSR count). The third kappa shape index (κ3) is 4.14. The molecule has 4 aromatic carbocycles. The number of rotatable bonds is 5. The van der Waals surface area contributed by atoms with E-state index in [1.165, 1.54) is 12.7 Å². The minimum atomic E-state index is -0.324. The molecule has 0 unspecified atom stereocenters. The Morgan fingerprint density at radius 1 is 0.828 bits per heavy atom. The van der Waals surface area contributed by atoms with E-state index in [-0.39, 0.29) is 5.97 Å². The maximum Gasteiger partial charge on any atom is 0.337 e. The van der Waals surface area contributed by atoms with Gasteiger partial charge in [-0.2, -0.15) is 0 Å². The molecule has 29 heavy (non-hydrogen) atoms. The molecule has 0 spiro atoms. The van der Waals surface area contributed by atoms with Crippen molar-refractivity contribution < 1.29 is 14.3 Å². The molecule has 0 fully saturated rings. The number of methoxy groups -OCH3 is 1. The van der Waals surface area contributed by atoms with Gasteiger partial charge in [0.1, 0.15) is 12.4 Å². The first kappa shape index (κ1) is 18.8. The van der Waals surface area contributed by atoms with E-state index in [4.69, 9.17) is 9.47 Å². The fraction of sp³-hybridized carbons (Fsp3) is 0.115. The number of hydrogen-bond acceptors (Lipinski definition) is 3. The molecule has 0 heterocycles. The van der Waals surface area contributed by atoms with Crippen LogP contribution in [0.3, 0.4) is 0 Å². The Labute approximate surface area is 170 Å². The van der Waals surface area contributed by atoms with Crippen LogP contribution in [0.4, 0.5) is 0 Å². The van der Waals surface area contributed by atoms with Crippen LogP contribution in [0.25, 0.3) is 21.9 Å². The maximum absolute atomic E-state index is 11.6. The van der Waals surface area contributed by atoms with E-state index in [0.29, 0.717) is 12.2 Å². The van der Waals surface area contributed by atoms with E-state index in [1.807, 2.05) is 36.4 Å². The molecule has 3 heteroatoms. The minimum Gasteiger partial charge on any atom is -0.489 e. The Balaban J connectivity index is 1.59. The molecule has 0 N–H and O–H groups in total. The molecule has 4 aromatic rings. The molecule has 0 aliphatic heterocycles. The van der Waals surface area contributed by atoms with Crippen LogP contribution in [-0.2, 0) is 11.3 Å². The van der Waals surface area contributed by atoms with E-state index in [1.54, 1.807) is 12.1 Å². The average molecular weight is 382 g/mol. The lowest BCUT2D eigenvalue weighted by Crippen LogP contribution is -2.00. The Kier molecular flexibility index (Phi) is 5.30. The summed E-state index contributed by atoms with van der Waals surface area (Å²) in [5.74, 6) is 0.533. The fourth-order valence-electron chi connectivity index (χ4n) is 3.44. The maximum atomic E-state index is 11.6. The molecule has 0 aromatic heterocycles. The van der Waals surface area contributed by atoms with Gasteiger partial charge in [0, 0.05) is 0 Å². The van der Waals surface area contributed by atoms with Gasteiger partial charge >= 0.3 is 5.97 Å². The monoisotopic (exact) mass is 382 g/mol. The molecule has 0 saturated carbocycles. The lowest BCUT2D eigenvalue weighted by Gasteiger charge is -2.11. The second-order valence-corrected chi connectivity index (χ2v) is 7.02. The first-order valence-corrected chi connectivity index (χ1v) is 9.54. The third-order valence-corrected chi connectivity index (χ3v) is 5.02. The highest BCUT2D eigenvalue weighted by Crippen LogP contribution is 2.31. The van der Waals surface area contributed by atoms with Gasteiger partial charge in [0.25, 0.3) is 0 Å². The highest BCUT2D eigenvalue weighted by atomic mass is 16.5. The number of esters is 1. The standard InChI is InChI=1S/C26H22O3/c1-18-14-23-15-24(29-17-19-6-4-3-5-7-19)13-12-22(23)16-25(18)20-8-10-21(11-9-20)26(27)28-2/h3-16H,17H2,1-2H3.